The van der Waals surface area contributed by atoms with Gasteiger partial charge in [0.25, 0.3) is 0 Å². The average molecular weight is 470 g/mol. The molecular weight excluding hydrogens is 426 g/mol. The second-order valence-electron chi connectivity index (χ2n) is 6.33. The van der Waals surface area contributed by atoms with E-state index in [2.05, 4.69) is 10.1 Å². The van der Waals surface area contributed by atoms with Gasteiger partial charge in [0.15, 0.2) is 0 Å². The molecule has 0 rings (SSSR count). The number of hydrogen-bond acceptors (Lipinski definition) is 11. The maximum absolute atomic E-state index is 10.9. The van der Waals surface area contributed by atoms with Gasteiger partial charge in [-0.25, -0.2) is 0 Å². The fourth-order valence-corrected chi connectivity index (χ4v) is 2.07. The Morgan fingerprint density at radius 2 is 0.781 bits per heavy atom. The van der Waals surface area contributed by atoms with Gasteiger partial charge in [-0.1, -0.05) is 0 Å². The molecule has 0 aliphatic heterocycles. The molecule has 0 aliphatic carbocycles. The van der Waals surface area contributed by atoms with Crippen LogP contribution in [0.3, 0.4) is 0 Å². The number of ether oxygens (including phenoxy) is 9. The van der Waals surface area contributed by atoms with Gasteiger partial charge in [0.1, 0.15) is 0 Å². The van der Waals surface area contributed by atoms with Gasteiger partial charge in [-0.2, -0.15) is 0 Å². The number of likely N-dealkylation sites (N-methyl/N-ethyl adjacent to an activating group) is 1. The lowest BCUT2D eigenvalue weighted by Gasteiger charge is -2.08. The molecule has 0 saturated carbocycles. The number of carbonyl (C=O) groups is 1. The van der Waals surface area contributed by atoms with Crippen LogP contribution in [0.2, 0.25) is 0 Å². The third-order valence-corrected chi connectivity index (χ3v) is 3.78. The van der Waals surface area contributed by atoms with Crippen LogP contribution >= 0.6 is 0 Å². The minimum atomic E-state index is -0.280. The summed E-state index contributed by atoms with van der Waals surface area (Å²) in [5.74, 6) is -0.280. The first-order valence-corrected chi connectivity index (χ1v) is 11.1. The van der Waals surface area contributed by atoms with Crippen LogP contribution in [0.1, 0.15) is 6.42 Å². The first-order valence-electron chi connectivity index (χ1n) is 11.1. The van der Waals surface area contributed by atoms with Crippen molar-refractivity contribution < 1.29 is 47.4 Å². The zero-order valence-corrected chi connectivity index (χ0v) is 19.8. The zero-order chi connectivity index (χ0) is 23.4. The van der Waals surface area contributed by atoms with Crippen molar-refractivity contribution in [2.75, 3.05) is 126 Å². The zero-order valence-electron chi connectivity index (χ0n) is 19.8. The standard InChI is InChI=1S/C21H43NO10/c1-22-4-6-26-8-10-28-12-14-30-16-18-32-20-19-31-17-15-29-13-11-27-9-7-25-5-3-21(23)24-2/h22H,3-20H2,1-2H3. The Bertz CT molecular complexity index is 376. The van der Waals surface area contributed by atoms with Crippen LogP contribution in [0.4, 0.5) is 0 Å². The maximum Gasteiger partial charge on any atom is 0.307 e. The van der Waals surface area contributed by atoms with Crippen LogP contribution in [-0.4, -0.2) is 132 Å². The second-order valence-corrected chi connectivity index (χ2v) is 6.33. The smallest absolute Gasteiger partial charge is 0.307 e. The molecule has 0 amide bonds. The first-order chi connectivity index (χ1) is 15.8. The molecular formula is C21H43NO10. The van der Waals surface area contributed by atoms with Gasteiger partial charge in [-0.15, -0.1) is 0 Å². The lowest BCUT2D eigenvalue weighted by molar-refractivity contribution is -0.141. The predicted molar refractivity (Wildman–Crippen MR) is 117 cm³/mol. The fraction of sp³-hybridized carbons (Fsp3) is 0.952. The van der Waals surface area contributed by atoms with E-state index >= 15 is 0 Å². The van der Waals surface area contributed by atoms with Gasteiger partial charge in [0, 0.05) is 6.54 Å². The summed E-state index contributed by atoms with van der Waals surface area (Å²) in [5.41, 5.74) is 0. The van der Waals surface area contributed by atoms with E-state index in [1.165, 1.54) is 7.11 Å². The second kappa shape index (κ2) is 28.1. The van der Waals surface area contributed by atoms with Crippen molar-refractivity contribution in [1.29, 1.82) is 0 Å². The Morgan fingerprint density at radius 3 is 1.06 bits per heavy atom. The summed E-state index contributed by atoms with van der Waals surface area (Å²) >= 11 is 0. The number of rotatable bonds is 27. The molecule has 0 heterocycles. The number of carbonyl (C=O) groups excluding carboxylic acids is 1. The van der Waals surface area contributed by atoms with Gasteiger partial charge < -0.3 is 47.9 Å². The van der Waals surface area contributed by atoms with Gasteiger partial charge in [-0.3, -0.25) is 4.79 Å². The van der Waals surface area contributed by atoms with E-state index in [9.17, 15) is 4.79 Å². The molecule has 0 spiro atoms. The Hall–Kier alpha value is -0.890. The summed E-state index contributed by atoms with van der Waals surface area (Å²) in [6.07, 6.45) is 0.252. The van der Waals surface area contributed by atoms with Gasteiger partial charge in [0.05, 0.1) is 119 Å². The summed E-state index contributed by atoms with van der Waals surface area (Å²) in [6, 6.07) is 0. The topological polar surface area (TPSA) is 112 Å². The highest BCUT2D eigenvalue weighted by molar-refractivity contribution is 5.69. The van der Waals surface area contributed by atoms with E-state index in [-0.39, 0.29) is 12.4 Å². The lowest BCUT2D eigenvalue weighted by Crippen LogP contribution is -2.17. The van der Waals surface area contributed by atoms with E-state index in [1.54, 1.807) is 0 Å². The van der Waals surface area contributed by atoms with E-state index in [1.807, 2.05) is 7.05 Å². The Morgan fingerprint density at radius 1 is 0.500 bits per heavy atom. The van der Waals surface area contributed by atoms with Crippen LogP contribution in [0.25, 0.3) is 0 Å². The van der Waals surface area contributed by atoms with E-state index in [0.717, 1.165) is 6.54 Å². The minimum Gasteiger partial charge on any atom is -0.469 e. The van der Waals surface area contributed by atoms with Crippen molar-refractivity contribution in [3.05, 3.63) is 0 Å². The molecule has 32 heavy (non-hydrogen) atoms. The summed E-state index contributed by atoms with van der Waals surface area (Å²) in [4.78, 5) is 10.9. The molecule has 0 aromatic heterocycles. The maximum atomic E-state index is 10.9. The van der Waals surface area contributed by atoms with Crippen LogP contribution in [0.15, 0.2) is 0 Å². The van der Waals surface area contributed by atoms with Crippen LogP contribution < -0.4 is 5.32 Å². The van der Waals surface area contributed by atoms with Gasteiger partial charge >= 0.3 is 5.97 Å². The molecule has 11 heteroatoms. The third kappa shape index (κ3) is 27.1. The molecule has 0 fully saturated rings. The summed E-state index contributed by atoms with van der Waals surface area (Å²) in [7, 11) is 3.25. The third-order valence-electron chi connectivity index (χ3n) is 3.78. The lowest BCUT2D eigenvalue weighted by atomic mass is 10.5. The fourth-order valence-electron chi connectivity index (χ4n) is 2.07. The minimum absolute atomic E-state index is 0.252. The van der Waals surface area contributed by atoms with Gasteiger partial charge in [0.2, 0.25) is 0 Å². The average Bonchev–Trinajstić information content (AvgIpc) is 2.81. The van der Waals surface area contributed by atoms with Crippen molar-refractivity contribution >= 4 is 5.97 Å². The van der Waals surface area contributed by atoms with Crippen molar-refractivity contribution in [2.45, 2.75) is 6.42 Å². The molecule has 0 bridgehead atoms. The monoisotopic (exact) mass is 469 g/mol. The molecule has 0 atom stereocenters. The van der Waals surface area contributed by atoms with Crippen molar-refractivity contribution in [1.82, 2.24) is 5.32 Å². The quantitative estimate of drug-likeness (QED) is 0.129. The van der Waals surface area contributed by atoms with E-state index in [0.29, 0.717) is 106 Å². The van der Waals surface area contributed by atoms with Crippen molar-refractivity contribution in [3.8, 4) is 0 Å². The van der Waals surface area contributed by atoms with Crippen molar-refractivity contribution in [3.63, 3.8) is 0 Å². The number of nitrogens with one attached hydrogen (secondary N) is 1. The molecule has 0 unspecified atom stereocenters. The van der Waals surface area contributed by atoms with Crippen molar-refractivity contribution in [2.24, 2.45) is 0 Å². The first kappa shape index (κ1) is 31.1. The highest BCUT2D eigenvalue weighted by atomic mass is 16.6. The Kier molecular flexibility index (Phi) is 27.4. The van der Waals surface area contributed by atoms with E-state index in [4.69, 9.17) is 37.9 Å². The number of hydrogen-bond donors (Lipinski definition) is 1. The molecule has 0 aromatic rings. The highest BCUT2D eigenvalue weighted by Gasteiger charge is 1.99. The molecule has 11 nitrogen and oxygen atoms in total. The normalized spacial score (nSPS) is 11.2. The van der Waals surface area contributed by atoms with Crippen LogP contribution in [0.5, 0.6) is 0 Å². The summed E-state index contributed by atoms with van der Waals surface area (Å²) < 4.78 is 47.5. The molecule has 1 N–H and O–H groups in total. The predicted octanol–water partition coefficient (Wildman–Crippen LogP) is -0.0983. The molecule has 0 aromatic carbocycles. The largest absolute Gasteiger partial charge is 0.469 e. The highest BCUT2D eigenvalue weighted by Crippen LogP contribution is 1.88. The van der Waals surface area contributed by atoms with Crippen LogP contribution in [-0.2, 0) is 47.4 Å². The molecule has 0 aliphatic rings. The number of esters is 1. The van der Waals surface area contributed by atoms with Gasteiger partial charge in [-0.05, 0) is 7.05 Å². The Labute approximate surface area is 192 Å². The summed E-state index contributed by atoms with van der Waals surface area (Å²) in [5, 5.41) is 3.01. The molecule has 0 radical (unpaired) electrons. The molecule has 0 saturated heterocycles. The number of methoxy groups -OCH3 is 1. The SMILES string of the molecule is CNCCOCCOCCOCCOCCOCCOCCOCCOCCC(=O)OC. The van der Waals surface area contributed by atoms with E-state index < -0.39 is 0 Å². The summed E-state index contributed by atoms with van der Waals surface area (Å²) in [6.45, 7) is 9.11. The Balaban J connectivity index is 3.02. The van der Waals surface area contributed by atoms with Crippen LogP contribution in [0, 0.1) is 0 Å². The molecule has 192 valence electrons.